The summed E-state index contributed by atoms with van der Waals surface area (Å²) in [5.74, 6) is 2.36. The fourth-order valence-electron chi connectivity index (χ4n) is 1.50. The van der Waals surface area contributed by atoms with E-state index in [1.807, 2.05) is 12.1 Å². The van der Waals surface area contributed by atoms with Crippen molar-refractivity contribution in [3.05, 3.63) is 59.7 Å². The summed E-state index contributed by atoms with van der Waals surface area (Å²) in [6, 6.07) is 14.2. The van der Waals surface area contributed by atoms with Crippen molar-refractivity contribution in [2.24, 2.45) is 0 Å². The maximum Gasteiger partial charge on any atom is 0.255 e. The number of carbonyl (C=O) groups is 1. The molecule has 2 nitrogen and oxygen atoms in total. The van der Waals surface area contributed by atoms with Crippen molar-refractivity contribution in [1.29, 1.82) is 0 Å². The van der Waals surface area contributed by atoms with Gasteiger partial charge in [0.25, 0.3) is 5.91 Å². The number of thiol groups is 1. The summed E-state index contributed by atoms with van der Waals surface area (Å²) in [5.41, 5.74) is 2.00. The number of anilines is 1. The standard InChI is InChI=1S/C15H11NOS/c1-2-11-4-3-5-13(10-11)16-15(17)12-6-8-14(18)9-7-12/h1,3-10,18H,(H,16,17). The zero-order valence-corrected chi connectivity index (χ0v) is 10.4. The molecule has 0 aliphatic rings. The third-order valence-electron chi connectivity index (χ3n) is 2.42. The molecule has 88 valence electrons. The molecule has 0 saturated heterocycles. The molecule has 0 aromatic heterocycles. The van der Waals surface area contributed by atoms with Crippen molar-refractivity contribution in [2.75, 3.05) is 5.32 Å². The van der Waals surface area contributed by atoms with Crippen LogP contribution in [0, 0.1) is 12.3 Å². The van der Waals surface area contributed by atoms with Crippen LogP contribution in [-0.2, 0) is 0 Å². The minimum Gasteiger partial charge on any atom is -0.322 e. The van der Waals surface area contributed by atoms with Crippen LogP contribution in [0.4, 0.5) is 5.69 Å². The minimum atomic E-state index is -0.169. The molecule has 3 heteroatoms. The zero-order valence-electron chi connectivity index (χ0n) is 9.55. The van der Waals surface area contributed by atoms with Crippen LogP contribution in [0.25, 0.3) is 0 Å². The highest BCUT2D eigenvalue weighted by Crippen LogP contribution is 2.13. The molecular formula is C15H11NOS. The molecule has 2 aromatic carbocycles. The number of terminal acetylenes is 1. The second kappa shape index (κ2) is 5.44. The predicted molar refractivity (Wildman–Crippen MR) is 76.0 cm³/mol. The van der Waals surface area contributed by atoms with E-state index in [2.05, 4.69) is 23.9 Å². The fraction of sp³-hybridized carbons (Fsp3) is 0. The van der Waals surface area contributed by atoms with E-state index in [0.29, 0.717) is 11.3 Å². The Bertz CT molecular complexity index is 611. The summed E-state index contributed by atoms with van der Waals surface area (Å²) >= 11 is 4.17. The molecule has 1 amide bonds. The van der Waals surface area contributed by atoms with Gasteiger partial charge in [-0.05, 0) is 42.5 Å². The molecule has 2 aromatic rings. The zero-order chi connectivity index (χ0) is 13.0. The number of benzene rings is 2. The van der Waals surface area contributed by atoms with Crippen molar-refractivity contribution >= 4 is 24.2 Å². The largest absolute Gasteiger partial charge is 0.322 e. The van der Waals surface area contributed by atoms with Crippen molar-refractivity contribution in [1.82, 2.24) is 0 Å². The topological polar surface area (TPSA) is 29.1 Å². The summed E-state index contributed by atoms with van der Waals surface area (Å²) in [6.45, 7) is 0. The quantitative estimate of drug-likeness (QED) is 0.624. The molecule has 0 aliphatic carbocycles. The molecule has 0 fully saturated rings. The van der Waals surface area contributed by atoms with Gasteiger partial charge in [0.2, 0.25) is 0 Å². The van der Waals surface area contributed by atoms with Crippen LogP contribution in [0.3, 0.4) is 0 Å². The lowest BCUT2D eigenvalue weighted by atomic mass is 10.2. The van der Waals surface area contributed by atoms with Crippen molar-refractivity contribution in [3.63, 3.8) is 0 Å². The average molecular weight is 253 g/mol. The van der Waals surface area contributed by atoms with E-state index in [9.17, 15) is 4.79 Å². The summed E-state index contributed by atoms with van der Waals surface area (Å²) < 4.78 is 0. The van der Waals surface area contributed by atoms with Crippen molar-refractivity contribution in [2.45, 2.75) is 4.90 Å². The van der Waals surface area contributed by atoms with Gasteiger partial charge in [-0.15, -0.1) is 19.1 Å². The third-order valence-corrected chi connectivity index (χ3v) is 2.71. The molecule has 0 heterocycles. The molecule has 0 unspecified atom stereocenters. The van der Waals surface area contributed by atoms with Gasteiger partial charge in [0.05, 0.1) is 0 Å². The van der Waals surface area contributed by atoms with Gasteiger partial charge < -0.3 is 5.32 Å². The summed E-state index contributed by atoms with van der Waals surface area (Å²) in [5, 5.41) is 2.79. The van der Waals surface area contributed by atoms with Crippen LogP contribution < -0.4 is 5.32 Å². The highest BCUT2D eigenvalue weighted by atomic mass is 32.1. The number of hydrogen-bond donors (Lipinski definition) is 2. The number of nitrogens with one attached hydrogen (secondary N) is 1. The van der Waals surface area contributed by atoms with E-state index in [-0.39, 0.29) is 5.91 Å². The Morgan fingerprint density at radius 1 is 1.17 bits per heavy atom. The maximum atomic E-state index is 11.9. The Labute approximate surface area is 111 Å². The SMILES string of the molecule is C#Cc1cccc(NC(=O)c2ccc(S)cc2)c1. The number of amides is 1. The van der Waals surface area contributed by atoms with Crippen LogP contribution in [0.2, 0.25) is 0 Å². The molecule has 0 spiro atoms. The first kappa shape index (κ1) is 12.3. The molecule has 0 atom stereocenters. The first-order valence-electron chi connectivity index (χ1n) is 5.36. The Hall–Kier alpha value is -2.18. The van der Waals surface area contributed by atoms with Crippen LogP contribution in [0.1, 0.15) is 15.9 Å². The van der Waals surface area contributed by atoms with E-state index in [4.69, 9.17) is 6.42 Å². The molecule has 1 N–H and O–H groups in total. The summed E-state index contributed by atoms with van der Waals surface area (Å²) in [6.07, 6.45) is 5.31. The molecular weight excluding hydrogens is 242 g/mol. The highest BCUT2D eigenvalue weighted by Gasteiger charge is 2.05. The van der Waals surface area contributed by atoms with E-state index in [1.165, 1.54) is 0 Å². The van der Waals surface area contributed by atoms with Gasteiger partial charge >= 0.3 is 0 Å². The lowest BCUT2D eigenvalue weighted by Crippen LogP contribution is -2.11. The average Bonchev–Trinajstić information content (AvgIpc) is 2.39. The molecule has 0 radical (unpaired) electrons. The summed E-state index contributed by atoms with van der Waals surface area (Å²) in [4.78, 5) is 12.8. The van der Waals surface area contributed by atoms with Gasteiger partial charge in [0.1, 0.15) is 0 Å². The van der Waals surface area contributed by atoms with Gasteiger partial charge in [0, 0.05) is 21.7 Å². The Morgan fingerprint density at radius 3 is 2.56 bits per heavy atom. The second-order valence-electron chi connectivity index (χ2n) is 3.73. The van der Waals surface area contributed by atoms with E-state index < -0.39 is 0 Å². The first-order valence-corrected chi connectivity index (χ1v) is 5.81. The third kappa shape index (κ3) is 2.93. The molecule has 0 aliphatic heterocycles. The Morgan fingerprint density at radius 2 is 1.89 bits per heavy atom. The van der Waals surface area contributed by atoms with Crippen LogP contribution in [0.5, 0.6) is 0 Å². The van der Waals surface area contributed by atoms with E-state index in [1.54, 1.807) is 36.4 Å². The molecule has 0 saturated carbocycles. The monoisotopic (exact) mass is 253 g/mol. The van der Waals surface area contributed by atoms with Gasteiger partial charge in [-0.3, -0.25) is 4.79 Å². The maximum absolute atomic E-state index is 11.9. The molecule has 2 rings (SSSR count). The van der Waals surface area contributed by atoms with Crippen molar-refractivity contribution in [3.8, 4) is 12.3 Å². The molecule has 18 heavy (non-hydrogen) atoms. The van der Waals surface area contributed by atoms with Gasteiger partial charge in [-0.2, -0.15) is 0 Å². The number of hydrogen-bond acceptors (Lipinski definition) is 2. The van der Waals surface area contributed by atoms with E-state index >= 15 is 0 Å². The van der Waals surface area contributed by atoms with Crippen LogP contribution >= 0.6 is 12.6 Å². The molecule has 0 bridgehead atoms. The van der Waals surface area contributed by atoms with E-state index in [0.717, 1.165) is 10.5 Å². The normalized spacial score (nSPS) is 9.56. The van der Waals surface area contributed by atoms with Gasteiger partial charge in [0.15, 0.2) is 0 Å². The Kier molecular flexibility index (Phi) is 3.71. The van der Waals surface area contributed by atoms with Crippen LogP contribution in [0.15, 0.2) is 53.4 Å². The predicted octanol–water partition coefficient (Wildman–Crippen LogP) is 3.21. The first-order chi connectivity index (χ1) is 8.69. The Balaban J connectivity index is 2.16. The van der Waals surface area contributed by atoms with Crippen molar-refractivity contribution < 1.29 is 4.79 Å². The minimum absolute atomic E-state index is 0.169. The lowest BCUT2D eigenvalue weighted by molar-refractivity contribution is 0.102. The lowest BCUT2D eigenvalue weighted by Gasteiger charge is -2.05. The highest BCUT2D eigenvalue weighted by molar-refractivity contribution is 7.80. The summed E-state index contributed by atoms with van der Waals surface area (Å²) in [7, 11) is 0. The smallest absolute Gasteiger partial charge is 0.255 e. The van der Waals surface area contributed by atoms with Crippen LogP contribution in [-0.4, -0.2) is 5.91 Å². The second-order valence-corrected chi connectivity index (χ2v) is 4.24. The van der Waals surface area contributed by atoms with Gasteiger partial charge in [-0.1, -0.05) is 12.0 Å². The fourth-order valence-corrected chi connectivity index (χ4v) is 1.65. The number of rotatable bonds is 2. The van der Waals surface area contributed by atoms with Gasteiger partial charge in [-0.25, -0.2) is 0 Å². The number of carbonyl (C=O) groups excluding carboxylic acids is 1.